The first-order valence-corrected chi connectivity index (χ1v) is 7.86. The second-order valence-electron chi connectivity index (χ2n) is 5.04. The third-order valence-electron chi connectivity index (χ3n) is 3.72. The van der Waals surface area contributed by atoms with Gasteiger partial charge in [-0.1, -0.05) is 12.8 Å². The van der Waals surface area contributed by atoms with Crippen LogP contribution in [0, 0.1) is 0 Å². The van der Waals surface area contributed by atoms with E-state index in [1.165, 1.54) is 7.11 Å². The smallest absolute Gasteiger partial charge is 0.327 e. The largest absolute Gasteiger partial charge is 0.468 e. The Kier molecular flexibility index (Phi) is 3.45. The molecule has 0 bridgehead atoms. The van der Waals surface area contributed by atoms with Gasteiger partial charge in [-0.15, -0.1) is 0 Å². The number of nitrogens with one attached hydrogen (secondary N) is 1. The third-order valence-corrected chi connectivity index (χ3v) is 5.48. The lowest BCUT2D eigenvalue weighted by Crippen LogP contribution is -2.56. The van der Waals surface area contributed by atoms with Gasteiger partial charge < -0.3 is 4.74 Å². The van der Waals surface area contributed by atoms with Crippen molar-refractivity contribution >= 4 is 15.8 Å². The molecule has 0 aromatic rings. The molecule has 1 unspecified atom stereocenters. The molecule has 0 spiro atoms. The second kappa shape index (κ2) is 4.57. The molecule has 17 heavy (non-hydrogen) atoms. The molecule has 1 aliphatic heterocycles. The maximum atomic E-state index is 11.9. The second-order valence-corrected chi connectivity index (χ2v) is 7.23. The molecule has 6 heteroatoms. The number of ether oxygens (including phenoxy) is 1. The van der Waals surface area contributed by atoms with E-state index in [1.54, 1.807) is 0 Å². The summed E-state index contributed by atoms with van der Waals surface area (Å²) < 4.78 is 28.0. The zero-order valence-electron chi connectivity index (χ0n) is 10.1. The van der Waals surface area contributed by atoms with Gasteiger partial charge in [0.25, 0.3) is 0 Å². The number of carbonyl (C=O) groups excluding carboxylic acids is 1. The van der Waals surface area contributed by atoms with Gasteiger partial charge in [-0.3, -0.25) is 10.1 Å². The van der Waals surface area contributed by atoms with E-state index in [-0.39, 0.29) is 17.5 Å². The minimum Gasteiger partial charge on any atom is -0.468 e. The molecule has 0 aromatic carbocycles. The molecule has 5 nitrogen and oxygen atoms in total. The average Bonchev–Trinajstić information content (AvgIpc) is 2.86. The highest BCUT2D eigenvalue weighted by Gasteiger charge is 2.50. The highest BCUT2D eigenvalue weighted by Crippen LogP contribution is 2.29. The molecule has 1 atom stereocenters. The summed E-state index contributed by atoms with van der Waals surface area (Å²) in [5.41, 5.74) is -0.997. The van der Waals surface area contributed by atoms with Crippen LogP contribution in [-0.2, 0) is 19.4 Å². The molecular formula is C11H19NO4S. The molecule has 1 saturated carbocycles. The van der Waals surface area contributed by atoms with Crippen molar-refractivity contribution < 1.29 is 17.9 Å². The predicted octanol–water partition coefficient (Wildman–Crippen LogP) is 0.249. The van der Waals surface area contributed by atoms with Crippen LogP contribution in [0.1, 0.15) is 32.1 Å². The van der Waals surface area contributed by atoms with Crippen molar-refractivity contribution in [3.63, 3.8) is 0 Å². The Morgan fingerprint density at radius 3 is 2.47 bits per heavy atom. The lowest BCUT2D eigenvalue weighted by atomic mass is 9.97. The Morgan fingerprint density at radius 2 is 2.00 bits per heavy atom. The molecule has 1 N–H and O–H groups in total. The van der Waals surface area contributed by atoms with Crippen molar-refractivity contribution in [3.05, 3.63) is 0 Å². The van der Waals surface area contributed by atoms with E-state index in [9.17, 15) is 13.2 Å². The van der Waals surface area contributed by atoms with Gasteiger partial charge in [0.2, 0.25) is 0 Å². The first-order valence-electron chi connectivity index (χ1n) is 6.04. The normalized spacial score (nSPS) is 32.8. The SMILES string of the molecule is COC(=O)C1(NC2CCCC2)CCS(=O)(=O)C1. The summed E-state index contributed by atoms with van der Waals surface area (Å²) in [6.07, 6.45) is 4.64. The number of rotatable bonds is 3. The number of methoxy groups -OCH3 is 1. The molecule has 2 rings (SSSR count). The van der Waals surface area contributed by atoms with Crippen molar-refractivity contribution in [3.8, 4) is 0 Å². The van der Waals surface area contributed by atoms with Gasteiger partial charge in [0.05, 0.1) is 18.6 Å². The Bertz CT molecular complexity index is 400. The number of sulfone groups is 1. The lowest BCUT2D eigenvalue weighted by molar-refractivity contribution is -0.147. The summed E-state index contributed by atoms with van der Waals surface area (Å²) in [5.74, 6) is -0.490. The highest BCUT2D eigenvalue weighted by molar-refractivity contribution is 7.91. The van der Waals surface area contributed by atoms with Gasteiger partial charge in [-0.2, -0.15) is 0 Å². The Hall–Kier alpha value is -0.620. The van der Waals surface area contributed by atoms with Gasteiger partial charge in [-0.05, 0) is 19.3 Å². The minimum atomic E-state index is -3.11. The first kappa shape index (κ1) is 12.8. The van der Waals surface area contributed by atoms with E-state index in [0.717, 1.165) is 25.7 Å². The van der Waals surface area contributed by atoms with Crippen molar-refractivity contribution in [1.82, 2.24) is 5.32 Å². The van der Waals surface area contributed by atoms with E-state index in [4.69, 9.17) is 4.74 Å². The van der Waals surface area contributed by atoms with Gasteiger partial charge >= 0.3 is 5.97 Å². The Balaban J connectivity index is 2.16. The van der Waals surface area contributed by atoms with Crippen LogP contribution in [0.3, 0.4) is 0 Å². The summed E-state index contributed by atoms with van der Waals surface area (Å²) in [6, 6.07) is 0.252. The molecular weight excluding hydrogens is 242 g/mol. The Labute approximate surface area is 102 Å². The number of hydrogen-bond donors (Lipinski definition) is 1. The average molecular weight is 261 g/mol. The van der Waals surface area contributed by atoms with Crippen LogP contribution in [0.2, 0.25) is 0 Å². The van der Waals surface area contributed by atoms with Crippen LogP contribution in [0.15, 0.2) is 0 Å². The lowest BCUT2D eigenvalue weighted by Gasteiger charge is -2.29. The summed E-state index contributed by atoms with van der Waals surface area (Å²) in [5, 5.41) is 3.24. The van der Waals surface area contributed by atoms with E-state index in [1.807, 2.05) is 0 Å². The van der Waals surface area contributed by atoms with E-state index in [0.29, 0.717) is 6.42 Å². The molecule has 2 aliphatic rings. The van der Waals surface area contributed by atoms with Crippen molar-refractivity contribution in [2.75, 3.05) is 18.6 Å². The van der Waals surface area contributed by atoms with Crippen LogP contribution < -0.4 is 5.32 Å². The maximum Gasteiger partial charge on any atom is 0.327 e. The predicted molar refractivity (Wildman–Crippen MR) is 63.4 cm³/mol. The van der Waals surface area contributed by atoms with Crippen molar-refractivity contribution in [2.24, 2.45) is 0 Å². The third kappa shape index (κ3) is 2.63. The first-order chi connectivity index (χ1) is 7.97. The fourth-order valence-corrected chi connectivity index (χ4v) is 4.74. The molecule has 0 aromatic heterocycles. The summed E-state index contributed by atoms with van der Waals surface area (Å²) in [7, 11) is -1.80. The highest BCUT2D eigenvalue weighted by atomic mass is 32.2. The van der Waals surface area contributed by atoms with Crippen molar-refractivity contribution in [2.45, 2.75) is 43.7 Å². The summed E-state index contributed by atoms with van der Waals surface area (Å²) in [4.78, 5) is 11.9. The summed E-state index contributed by atoms with van der Waals surface area (Å²) in [6.45, 7) is 0. The Morgan fingerprint density at radius 1 is 1.35 bits per heavy atom. The fourth-order valence-electron chi connectivity index (χ4n) is 2.84. The van der Waals surface area contributed by atoms with E-state index >= 15 is 0 Å². The van der Waals surface area contributed by atoms with Gasteiger partial charge in [0.15, 0.2) is 9.84 Å². The molecule has 0 amide bonds. The van der Waals surface area contributed by atoms with Crippen LogP contribution in [0.4, 0.5) is 0 Å². The minimum absolute atomic E-state index is 0.0713. The fraction of sp³-hybridized carbons (Fsp3) is 0.909. The summed E-state index contributed by atoms with van der Waals surface area (Å²) >= 11 is 0. The van der Waals surface area contributed by atoms with Crippen molar-refractivity contribution in [1.29, 1.82) is 0 Å². The van der Waals surface area contributed by atoms with Crippen LogP contribution >= 0.6 is 0 Å². The molecule has 98 valence electrons. The topological polar surface area (TPSA) is 72.5 Å². The zero-order valence-corrected chi connectivity index (χ0v) is 10.9. The molecule has 1 saturated heterocycles. The van der Waals surface area contributed by atoms with Crippen LogP contribution in [0.25, 0.3) is 0 Å². The monoisotopic (exact) mass is 261 g/mol. The number of carbonyl (C=O) groups is 1. The van der Waals surface area contributed by atoms with Crippen LogP contribution in [-0.4, -0.2) is 44.6 Å². The van der Waals surface area contributed by atoms with Crippen LogP contribution in [0.5, 0.6) is 0 Å². The van der Waals surface area contributed by atoms with Gasteiger partial charge in [0.1, 0.15) is 5.54 Å². The quantitative estimate of drug-likeness (QED) is 0.737. The molecule has 0 radical (unpaired) electrons. The molecule has 2 fully saturated rings. The molecule has 1 heterocycles. The van der Waals surface area contributed by atoms with E-state index in [2.05, 4.69) is 5.32 Å². The van der Waals surface area contributed by atoms with Gasteiger partial charge in [-0.25, -0.2) is 8.42 Å². The number of esters is 1. The number of hydrogen-bond acceptors (Lipinski definition) is 5. The van der Waals surface area contributed by atoms with E-state index < -0.39 is 21.3 Å². The van der Waals surface area contributed by atoms with Gasteiger partial charge in [0, 0.05) is 6.04 Å². The zero-order chi connectivity index (χ0) is 12.5. The standard InChI is InChI=1S/C11H19NO4S/c1-16-10(13)11(6-7-17(14,15)8-11)12-9-4-2-3-5-9/h9,12H,2-8H2,1H3. The maximum absolute atomic E-state index is 11.9. The molecule has 1 aliphatic carbocycles.